The number of hydrogen-bond acceptors (Lipinski definition) is 5. The van der Waals surface area contributed by atoms with Gasteiger partial charge in [-0.3, -0.25) is 4.79 Å². The number of rotatable bonds is 14. The van der Waals surface area contributed by atoms with Gasteiger partial charge in [0.1, 0.15) is 6.61 Å². The number of amides is 2. The van der Waals surface area contributed by atoms with Gasteiger partial charge in [0.2, 0.25) is 5.91 Å². The summed E-state index contributed by atoms with van der Waals surface area (Å²) in [5.74, 6) is 1.00. The molecule has 1 radical (unpaired) electrons. The molecule has 4 rings (SSSR count). The van der Waals surface area contributed by atoms with Crippen LogP contribution in [0.1, 0.15) is 40.1 Å². The third kappa shape index (κ3) is 9.15. The summed E-state index contributed by atoms with van der Waals surface area (Å²) in [4.78, 5) is 30.3. The summed E-state index contributed by atoms with van der Waals surface area (Å²) in [6.45, 7) is 1.96. The maximum Gasteiger partial charge on any atom is 0.407 e. The fraction of sp³-hybridized carbons (Fsp3) is 0.258. The van der Waals surface area contributed by atoms with Crippen LogP contribution in [0, 0.1) is 5.92 Å². The second-order valence-corrected chi connectivity index (χ2v) is 11.1. The first kappa shape index (κ1) is 27.6. The van der Waals surface area contributed by atoms with Gasteiger partial charge in [-0.25, -0.2) is 4.79 Å². The van der Waals surface area contributed by atoms with Gasteiger partial charge in [-0.05, 0) is 53.3 Å². The Morgan fingerprint density at radius 3 is 1.92 bits per heavy atom. The number of hydrogen-bond donors (Lipinski definition) is 1. The first-order valence-electron chi connectivity index (χ1n) is 12.8. The molecule has 0 aliphatic carbocycles. The first-order chi connectivity index (χ1) is 18.7. The summed E-state index contributed by atoms with van der Waals surface area (Å²) in [7, 11) is 0. The minimum atomic E-state index is -0.420. The van der Waals surface area contributed by atoms with Gasteiger partial charge >= 0.3 is 6.09 Å². The molecular formula is C31H33N2O3S2. The summed E-state index contributed by atoms with van der Waals surface area (Å²) in [5.41, 5.74) is 2.08. The van der Waals surface area contributed by atoms with Crippen molar-refractivity contribution in [3.63, 3.8) is 0 Å². The Bertz CT molecular complexity index is 1180. The second-order valence-electron chi connectivity index (χ2n) is 9.03. The molecule has 0 aliphatic heterocycles. The van der Waals surface area contributed by atoms with Crippen LogP contribution < -0.4 is 5.32 Å². The van der Waals surface area contributed by atoms with Crippen molar-refractivity contribution >= 4 is 34.7 Å². The van der Waals surface area contributed by atoms with Crippen molar-refractivity contribution in [3.8, 4) is 0 Å². The van der Waals surface area contributed by atoms with E-state index in [4.69, 9.17) is 4.74 Å². The summed E-state index contributed by atoms with van der Waals surface area (Å²) in [6, 6.07) is 28.0. The fourth-order valence-corrected chi connectivity index (χ4v) is 5.58. The number of thiophene rings is 2. The Hall–Kier alpha value is -3.42. The van der Waals surface area contributed by atoms with Gasteiger partial charge in [0.25, 0.3) is 0 Å². The number of carbonyl (C=O) groups is 2. The van der Waals surface area contributed by atoms with E-state index in [2.05, 4.69) is 40.3 Å². The van der Waals surface area contributed by atoms with E-state index in [0.717, 1.165) is 29.9 Å². The Labute approximate surface area is 233 Å². The van der Waals surface area contributed by atoms with Gasteiger partial charge in [-0.1, -0.05) is 79.2 Å². The van der Waals surface area contributed by atoms with Crippen LogP contribution in [0.25, 0.3) is 0 Å². The highest BCUT2D eigenvalue weighted by Crippen LogP contribution is 2.25. The van der Waals surface area contributed by atoms with Gasteiger partial charge in [0.05, 0.1) is 19.0 Å². The molecule has 5 nitrogen and oxygen atoms in total. The van der Waals surface area contributed by atoms with Crippen LogP contribution in [0.4, 0.5) is 4.79 Å². The van der Waals surface area contributed by atoms with Gasteiger partial charge < -0.3 is 15.0 Å². The maximum atomic E-state index is 13.9. The zero-order chi connectivity index (χ0) is 26.4. The Kier molecular flexibility index (Phi) is 11.0. The highest BCUT2D eigenvalue weighted by atomic mass is 32.1. The van der Waals surface area contributed by atoms with Crippen molar-refractivity contribution in [3.05, 3.63) is 122 Å². The van der Waals surface area contributed by atoms with Crippen molar-refractivity contribution in [1.29, 1.82) is 0 Å². The van der Waals surface area contributed by atoms with Crippen LogP contribution in [0.3, 0.4) is 0 Å². The lowest BCUT2D eigenvalue weighted by Crippen LogP contribution is -2.35. The molecule has 4 aromatic rings. The molecule has 7 heteroatoms. The van der Waals surface area contributed by atoms with Crippen LogP contribution >= 0.6 is 22.7 Å². The lowest BCUT2D eigenvalue weighted by atomic mass is 9.92. The van der Waals surface area contributed by atoms with Crippen LogP contribution in [0.2, 0.25) is 0 Å². The van der Waals surface area contributed by atoms with E-state index in [9.17, 15) is 9.59 Å². The smallest absolute Gasteiger partial charge is 0.407 e. The van der Waals surface area contributed by atoms with Crippen molar-refractivity contribution < 1.29 is 14.3 Å². The van der Waals surface area contributed by atoms with E-state index in [1.165, 1.54) is 9.75 Å². The molecule has 0 aliphatic rings. The zero-order valence-electron chi connectivity index (χ0n) is 21.4. The van der Waals surface area contributed by atoms with Crippen LogP contribution in [-0.2, 0) is 35.6 Å². The molecule has 0 spiro atoms. The molecule has 2 aromatic carbocycles. The highest BCUT2D eigenvalue weighted by molar-refractivity contribution is 7.10. The molecule has 0 saturated heterocycles. The van der Waals surface area contributed by atoms with E-state index < -0.39 is 6.09 Å². The second kappa shape index (κ2) is 15.1. The standard InChI is InChI=1S/C31H33N2O3S2/c34-30(33(22-28-16-9-19-37-28)23-29-17-10-20-38-29)27(21-25-11-3-1-4-12-25)15-7-8-18-32-31(35)36-24-26-13-5-2-6-14-26/h1-6,9-14,16-17,19-20H,7-8,15,18,21-24H2,(H,32,35). The Morgan fingerprint density at radius 1 is 0.737 bits per heavy atom. The molecule has 0 atom stereocenters. The fourth-order valence-electron chi connectivity index (χ4n) is 4.15. The van der Waals surface area contributed by atoms with E-state index in [1.54, 1.807) is 22.7 Å². The predicted molar refractivity (Wildman–Crippen MR) is 155 cm³/mol. The minimum absolute atomic E-state index is 0.103. The highest BCUT2D eigenvalue weighted by Gasteiger charge is 2.26. The van der Waals surface area contributed by atoms with Crippen molar-refractivity contribution in [2.45, 2.75) is 45.4 Å². The molecule has 0 bridgehead atoms. The number of benzene rings is 2. The third-order valence-corrected chi connectivity index (χ3v) is 7.81. The molecule has 0 unspecified atom stereocenters. The number of carbonyl (C=O) groups excluding carboxylic acids is 2. The van der Waals surface area contributed by atoms with Crippen LogP contribution in [0.15, 0.2) is 95.7 Å². The van der Waals surface area contributed by atoms with Crippen LogP contribution in [-0.4, -0.2) is 23.4 Å². The molecule has 0 fully saturated rings. The number of alkyl carbamates (subject to hydrolysis) is 1. The van der Waals surface area contributed by atoms with Gasteiger partial charge in [-0.15, -0.1) is 22.7 Å². The van der Waals surface area contributed by atoms with Crippen molar-refractivity contribution in [2.24, 2.45) is 0 Å². The number of nitrogens with zero attached hydrogens (tertiary/aromatic N) is 1. The number of ether oxygens (including phenoxy) is 1. The molecule has 2 aromatic heterocycles. The van der Waals surface area contributed by atoms with Gasteiger partial charge in [-0.2, -0.15) is 0 Å². The van der Waals surface area contributed by atoms with Gasteiger partial charge in [0, 0.05) is 16.3 Å². The van der Waals surface area contributed by atoms with E-state index in [1.807, 2.05) is 65.6 Å². The zero-order valence-corrected chi connectivity index (χ0v) is 23.0. The number of unbranched alkanes of at least 4 members (excludes halogenated alkanes) is 1. The molecule has 38 heavy (non-hydrogen) atoms. The largest absolute Gasteiger partial charge is 0.445 e. The van der Waals surface area contributed by atoms with Crippen molar-refractivity contribution in [2.75, 3.05) is 6.54 Å². The Balaban J connectivity index is 1.32. The molecule has 1 N–H and O–H groups in total. The normalized spacial score (nSPS) is 10.9. The average molecular weight is 546 g/mol. The van der Waals surface area contributed by atoms with Crippen LogP contribution in [0.5, 0.6) is 0 Å². The Morgan fingerprint density at radius 2 is 1.34 bits per heavy atom. The predicted octanol–water partition coefficient (Wildman–Crippen LogP) is 7.25. The topological polar surface area (TPSA) is 58.6 Å². The molecular weight excluding hydrogens is 512 g/mol. The quantitative estimate of drug-likeness (QED) is 0.170. The molecule has 2 heterocycles. The van der Waals surface area contributed by atoms with Gasteiger partial charge in [0.15, 0.2) is 0 Å². The minimum Gasteiger partial charge on any atom is -0.445 e. The molecule has 197 valence electrons. The van der Waals surface area contributed by atoms with E-state index in [-0.39, 0.29) is 12.5 Å². The van der Waals surface area contributed by atoms with Crippen molar-refractivity contribution in [1.82, 2.24) is 10.2 Å². The monoisotopic (exact) mass is 545 g/mol. The summed E-state index contributed by atoms with van der Waals surface area (Å²) >= 11 is 3.35. The molecule has 2 amide bonds. The summed E-state index contributed by atoms with van der Waals surface area (Å²) in [5, 5.41) is 6.93. The molecule has 0 saturated carbocycles. The summed E-state index contributed by atoms with van der Waals surface area (Å²) in [6.07, 6.45) is 2.45. The lowest BCUT2D eigenvalue weighted by molar-refractivity contribution is -0.130. The van der Waals surface area contributed by atoms with E-state index >= 15 is 0 Å². The number of nitrogens with one attached hydrogen (secondary N) is 1. The first-order valence-corrected chi connectivity index (χ1v) is 14.6. The maximum absolute atomic E-state index is 13.9. The SMILES string of the molecule is O=C(NCCCC[C](Cc1ccccc1)C(=O)N(Cc1cccs1)Cc1cccs1)OCc1ccccc1. The van der Waals surface area contributed by atoms with E-state index in [0.29, 0.717) is 32.5 Å². The average Bonchev–Trinajstić information content (AvgIpc) is 3.66. The summed E-state index contributed by atoms with van der Waals surface area (Å²) < 4.78 is 5.29. The lowest BCUT2D eigenvalue weighted by Gasteiger charge is -2.27. The third-order valence-electron chi connectivity index (χ3n) is 6.09.